The number of fused-ring (bicyclic) bond motifs is 4. The molecule has 2 aromatic carbocycles. The highest BCUT2D eigenvalue weighted by Crippen LogP contribution is 2.29. The summed E-state index contributed by atoms with van der Waals surface area (Å²) in [7, 11) is 0. The smallest absolute Gasteiger partial charge is 0.291 e. The highest BCUT2D eigenvalue weighted by molar-refractivity contribution is 6.07. The summed E-state index contributed by atoms with van der Waals surface area (Å²) in [6.45, 7) is 2.76. The molecule has 1 aliphatic carbocycles. The van der Waals surface area contributed by atoms with Crippen molar-refractivity contribution in [3.8, 4) is 0 Å². The van der Waals surface area contributed by atoms with Gasteiger partial charge in [-0.2, -0.15) is 5.10 Å². The standard InChI is InChI=1S/C25H26N4O2/c1-2-14-28-22-13-6-5-11-19(22)20-15-26-29(25(31)24(20)28)16-23(30)27-21-12-7-9-17-8-3-4-10-18(17)21/h3-6,8,10-11,13,15,21H,2,7,9,12,14,16H2,1H3,(H,27,30)/t21-/m0/s1. The van der Waals surface area contributed by atoms with Crippen LogP contribution < -0.4 is 10.9 Å². The maximum absolute atomic E-state index is 13.3. The molecule has 0 fully saturated rings. The normalized spacial score (nSPS) is 15.8. The Morgan fingerprint density at radius 3 is 2.81 bits per heavy atom. The van der Waals surface area contributed by atoms with Crippen LogP contribution in [0.15, 0.2) is 59.5 Å². The zero-order valence-corrected chi connectivity index (χ0v) is 17.7. The highest BCUT2D eigenvalue weighted by atomic mass is 16.2. The van der Waals surface area contributed by atoms with Gasteiger partial charge in [0.15, 0.2) is 0 Å². The molecule has 1 amide bonds. The van der Waals surface area contributed by atoms with Crippen molar-refractivity contribution in [1.82, 2.24) is 19.7 Å². The monoisotopic (exact) mass is 414 g/mol. The van der Waals surface area contributed by atoms with Crippen molar-refractivity contribution in [3.63, 3.8) is 0 Å². The average molecular weight is 415 g/mol. The Hall–Kier alpha value is -3.41. The first-order valence-corrected chi connectivity index (χ1v) is 11.0. The lowest BCUT2D eigenvalue weighted by Crippen LogP contribution is -2.37. The second kappa shape index (κ2) is 8.02. The van der Waals surface area contributed by atoms with Gasteiger partial charge < -0.3 is 9.88 Å². The van der Waals surface area contributed by atoms with Gasteiger partial charge in [0.25, 0.3) is 5.56 Å². The Kier molecular flexibility index (Phi) is 5.06. The van der Waals surface area contributed by atoms with E-state index in [1.807, 2.05) is 36.4 Å². The third kappa shape index (κ3) is 3.42. The van der Waals surface area contributed by atoms with E-state index in [0.717, 1.165) is 48.5 Å². The minimum Gasteiger partial charge on any atom is -0.348 e. The Balaban J connectivity index is 1.47. The zero-order valence-electron chi connectivity index (χ0n) is 17.7. The fourth-order valence-corrected chi connectivity index (χ4v) is 4.84. The Bertz CT molecular complexity index is 1330. The first-order chi connectivity index (χ1) is 15.2. The average Bonchev–Trinajstić information content (AvgIpc) is 3.11. The van der Waals surface area contributed by atoms with E-state index in [1.165, 1.54) is 15.8 Å². The summed E-state index contributed by atoms with van der Waals surface area (Å²) < 4.78 is 3.35. The van der Waals surface area contributed by atoms with Crippen LogP contribution in [0.5, 0.6) is 0 Å². The molecule has 158 valence electrons. The summed E-state index contributed by atoms with van der Waals surface area (Å²) in [6.07, 6.45) is 5.63. The first-order valence-electron chi connectivity index (χ1n) is 11.0. The van der Waals surface area contributed by atoms with Gasteiger partial charge in [0.1, 0.15) is 12.1 Å². The predicted molar refractivity (Wildman–Crippen MR) is 122 cm³/mol. The van der Waals surface area contributed by atoms with Crippen LogP contribution in [0.25, 0.3) is 21.8 Å². The van der Waals surface area contributed by atoms with E-state index in [1.54, 1.807) is 6.20 Å². The molecule has 6 nitrogen and oxygen atoms in total. The quantitative estimate of drug-likeness (QED) is 0.538. The van der Waals surface area contributed by atoms with Gasteiger partial charge in [-0.15, -0.1) is 0 Å². The molecule has 31 heavy (non-hydrogen) atoms. The molecule has 0 radical (unpaired) electrons. The number of hydrogen-bond donors (Lipinski definition) is 1. The van der Waals surface area contributed by atoms with Crippen LogP contribution in [-0.2, 0) is 24.3 Å². The number of carbonyl (C=O) groups is 1. The maximum Gasteiger partial charge on any atom is 0.291 e. The fraction of sp³-hybridized carbons (Fsp3) is 0.320. The molecule has 5 rings (SSSR count). The van der Waals surface area contributed by atoms with E-state index in [4.69, 9.17) is 0 Å². The van der Waals surface area contributed by atoms with Crippen LogP contribution in [0.3, 0.4) is 0 Å². The summed E-state index contributed by atoms with van der Waals surface area (Å²) in [6, 6.07) is 16.2. The minimum atomic E-state index is -0.221. The summed E-state index contributed by atoms with van der Waals surface area (Å²) in [5, 5.41) is 9.32. The molecule has 0 saturated heterocycles. The summed E-state index contributed by atoms with van der Waals surface area (Å²) in [5.41, 5.74) is 3.90. The van der Waals surface area contributed by atoms with Crippen molar-refractivity contribution in [2.75, 3.05) is 0 Å². The molecule has 1 atom stereocenters. The van der Waals surface area contributed by atoms with Gasteiger partial charge >= 0.3 is 0 Å². The van der Waals surface area contributed by atoms with Crippen LogP contribution >= 0.6 is 0 Å². The number of aryl methyl sites for hydroxylation is 2. The van der Waals surface area contributed by atoms with Gasteiger partial charge in [-0.05, 0) is 42.9 Å². The van der Waals surface area contributed by atoms with E-state index in [0.29, 0.717) is 5.52 Å². The SMILES string of the molecule is CCCn1c2ccccc2c2cnn(CC(=O)N[C@H]3CCCc4ccccc43)c(=O)c21. The molecule has 2 heterocycles. The topological polar surface area (TPSA) is 68.9 Å². The zero-order chi connectivity index (χ0) is 21.4. The predicted octanol–water partition coefficient (Wildman–Crippen LogP) is 3.96. The number of hydrogen-bond acceptors (Lipinski definition) is 3. The second-order valence-corrected chi connectivity index (χ2v) is 8.25. The minimum absolute atomic E-state index is 0.0107. The highest BCUT2D eigenvalue weighted by Gasteiger charge is 2.22. The number of rotatable bonds is 5. The molecule has 1 aliphatic rings. The molecule has 0 spiro atoms. The number of nitrogens with zero attached hydrogens (tertiary/aromatic N) is 3. The van der Waals surface area contributed by atoms with Crippen molar-refractivity contribution in [3.05, 3.63) is 76.2 Å². The molecule has 0 unspecified atom stereocenters. The first kappa shape index (κ1) is 19.5. The molecular formula is C25H26N4O2. The van der Waals surface area contributed by atoms with E-state index in [9.17, 15) is 9.59 Å². The van der Waals surface area contributed by atoms with Crippen molar-refractivity contribution in [2.24, 2.45) is 0 Å². The summed E-state index contributed by atoms with van der Waals surface area (Å²) in [4.78, 5) is 26.2. The van der Waals surface area contributed by atoms with Gasteiger partial charge in [0.05, 0.1) is 12.2 Å². The molecule has 2 aromatic heterocycles. The third-order valence-electron chi connectivity index (χ3n) is 6.22. The second-order valence-electron chi connectivity index (χ2n) is 8.25. The Labute approximate surface area is 180 Å². The van der Waals surface area contributed by atoms with Crippen LogP contribution in [0, 0.1) is 0 Å². The van der Waals surface area contributed by atoms with Crippen molar-refractivity contribution in [2.45, 2.75) is 51.7 Å². The number of para-hydroxylation sites is 1. The van der Waals surface area contributed by atoms with Gasteiger partial charge in [-0.3, -0.25) is 9.59 Å². The molecule has 0 saturated carbocycles. The van der Waals surface area contributed by atoms with Gasteiger partial charge in [-0.1, -0.05) is 49.4 Å². The molecule has 0 aliphatic heterocycles. The lowest BCUT2D eigenvalue weighted by Gasteiger charge is -2.26. The maximum atomic E-state index is 13.3. The number of benzene rings is 2. The lowest BCUT2D eigenvalue weighted by molar-refractivity contribution is -0.122. The number of carbonyl (C=O) groups excluding carboxylic acids is 1. The van der Waals surface area contributed by atoms with Crippen molar-refractivity contribution in [1.29, 1.82) is 0 Å². The molecule has 1 N–H and O–H groups in total. The largest absolute Gasteiger partial charge is 0.348 e. The van der Waals surface area contributed by atoms with E-state index < -0.39 is 0 Å². The number of nitrogens with one attached hydrogen (secondary N) is 1. The summed E-state index contributed by atoms with van der Waals surface area (Å²) in [5.74, 6) is -0.186. The molecule has 6 heteroatoms. The molecule has 4 aromatic rings. The van der Waals surface area contributed by atoms with Crippen LogP contribution in [0.2, 0.25) is 0 Å². The number of amides is 1. The summed E-state index contributed by atoms with van der Waals surface area (Å²) >= 11 is 0. The van der Waals surface area contributed by atoms with Crippen LogP contribution in [0.4, 0.5) is 0 Å². The van der Waals surface area contributed by atoms with Crippen LogP contribution in [-0.4, -0.2) is 20.3 Å². The third-order valence-corrected chi connectivity index (χ3v) is 6.22. The van der Waals surface area contributed by atoms with E-state index in [2.05, 4.69) is 34.0 Å². The van der Waals surface area contributed by atoms with Crippen molar-refractivity contribution < 1.29 is 4.79 Å². The van der Waals surface area contributed by atoms with Gasteiger partial charge in [0.2, 0.25) is 5.91 Å². The fourth-order valence-electron chi connectivity index (χ4n) is 4.84. The van der Waals surface area contributed by atoms with Gasteiger partial charge in [-0.25, -0.2) is 4.68 Å². The van der Waals surface area contributed by atoms with Gasteiger partial charge in [0, 0.05) is 22.8 Å². The van der Waals surface area contributed by atoms with Crippen LogP contribution in [0.1, 0.15) is 43.4 Å². The van der Waals surface area contributed by atoms with E-state index >= 15 is 0 Å². The Morgan fingerprint density at radius 1 is 1.13 bits per heavy atom. The lowest BCUT2D eigenvalue weighted by atomic mass is 9.88. The molecular weight excluding hydrogens is 388 g/mol. The van der Waals surface area contributed by atoms with Crippen molar-refractivity contribution >= 4 is 27.7 Å². The number of aromatic nitrogens is 3. The molecule has 0 bridgehead atoms. The van der Waals surface area contributed by atoms with E-state index in [-0.39, 0.29) is 24.1 Å². The Morgan fingerprint density at radius 2 is 1.94 bits per heavy atom.